The molecule has 0 radical (unpaired) electrons. The lowest BCUT2D eigenvalue weighted by atomic mass is 9.98. The van der Waals surface area contributed by atoms with Crippen LogP contribution in [0.2, 0.25) is 0 Å². The molecule has 0 aliphatic carbocycles. The molecule has 2 aromatic rings. The van der Waals surface area contributed by atoms with Crippen LogP contribution < -0.4 is 5.32 Å². The van der Waals surface area contributed by atoms with Crippen LogP contribution in [0.25, 0.3) is 0 Å². The summed E-state index contributed by atoms with van der Waals surface area (Å²) in [5.41, 5.74) is 1.58. The molecule has 0 aromatic heterocycles. The Bertz CT molecular complexity index is 599. The van der Waals surface area contributed by atoms with Crippen molar-refractivity contribution in [3.05, 3.63) is 75.8 Å². The largest absolute Gasteiger partial charge is 0.352 e. The number of nitro benzene ring substituents is 1. The first-order chi connectivity index (χ1) is 9.72. The Morgan fingerprint density at radius 2 is 1.75 bits per heavy atom. The first kappa shape index (κ1) is 13.7. The first-order valence-electron chi connectivity index (χ1n) is 6.19. The summed E-state index contributed by atoms with van der Waals surface area (Å²) in [6, 6.07) is 15.7. The molecule has 1 amide bonds. The average Bonchev–Trinajstić information content (AvgIpc) is 2.48. The minimum atomic E-state index is -0.404. The summed E-state index contributed by atoms with van der Waals surface area (Å²) in [6.07, 6.45) is 0.992. The van der Waals surface area contributed by atoms with Crippen molar-refractivity contribution >= 4 is 12.1 Å². The molecule has 0 bridgehead atoms. The van der Waals surface area contributed by atoms with E-state index in [0.717, 1.165) is 5.56 Å². The van der Waals surface area contributed by atoms with Crippen molar-refractivity contribution in [3.63, 3.8) is 0 Å². The Balaban J connectivity index is 2.29. The number of carbonyl (C=O) groups is 1. The second-order valence-corrected chi connectivity index (χ2v) is 4.34. The van der Waals surface area contributed by atoms with Gasteiger partial charge in [-0.25, -0.2) is 0 Å². The fourth-order valence-electron chi connectivity index (χ4n) is 2.12. The summed E-state index contributed by atoms with van der Waals surface area (Å²) in [6.45, 7) is 0. The van der Waals surface area contributed by atoms with Gasteiger partial charge in [-0.05, 0) is 5.56 Å². The number of hydrogen-bond donors (Lipinski definition) is 1. The summed E-state index contributed by atoms with van der Waals surface area (Å²) >= 11 is 0. The third-order valence-corrected chi connectivity index (χ3v) is 3.08. The maximum Gasteiger partial charge on any atom is 0.272 e. The second kappa shape index (κ2) is 6.47. The molecule has 1 unspecified atom stereocenters. The Kier molecular flexibility index (Phi) is 4.44. The highest BCUT2D eigenvalue weighted by Crippen LogP contribution is 2.24. The van der Waals surface area contributed by atoms with Crippen LogP contribution >= 0.6 is 0 Å². The van der Waals surface area contributed by atoms with Crippen LogP contribution in [0, 0.1) is 10.1 Å². The maximum absolute atomic E-state index is 11.0. The van der Waals surface area contributed by atoms with E-state index in [0.29, 0.717) is 18.4 Å². The standard InChI is InChI=1S/C15H14N2O3/c18-11-16-14(12-6-2-1-3-7-12)10-13-8-4-5-9-15(13)17(19)20/h1-9,11,14H,10H2,(H,16,18). The molecule has 0 spiro atoms. The van der Waals surface area contributed by atoms with E-state index in [1.54, 1.807) is 18.2 Å². The molecule has 2 rings (SSSR count). The number of amides is 1. The Labute approximate surface area is 116 Å². The predicted molar refractivity (Wildman–Crippen MR) is 75.2 cm³/mol. The third-order valence-electron chi connectivity index (χ3n) is 3.08. The third kappa shape index (κ3) is 3.20. The van der Waals surface area contributed by atoms with Gasteiger partial charge in [-0.15, -0.1) is 0 Å². The molecule has 2 aromatic carbocycles. The Morgan fingerprint density at radius 1 is 1.10 bits per heavy atom. The smallest absolute Gasteiger partial charge is 0.272 e. The van der Waals surface area contributed by atoms with Crippen molar-refractivity contribution in [2.45, 2.75) is 12.5 Å². The SMILES string of the molecule is O=CNC(Cc1ccccc1[N+](=O)[O-])c1ccccc1. The molecule has 5 heteroatoms. The predicted octanol–water partition coefficient (Wildman–Crippen LogP) is 2.62. The quantitative estimate of drug-likeness (QED) is 0.498. The zero-order valence-electron chi connectivity index (χ0n) is 10.7. The summed E-state index contributed by atoms with van der Waals surface area (Å²) in [5, 5.41) is 13.7. The lowest BCUT2D eigenvalue weighted by Crippen LogP contribution is -2.22. The molecule has 0 aliphatic rings. The minimum Gasteiger partial charge on any atom is -0.352 e. The molecule has 0 heterocycles. The molecule has 102 valence electrons. The molecule has 5 nitrogen and oxygen atoms in total. The lowest BCUT2D eigenvalue weighted by molar-refractivity contribution is -0.385. The maximum atomic E-state index is 11.0. The van der Waals surface area contributed by atoms with Crippen molar-refractivity contribution in [2.75, 3.05) is 0 Å². The monoisotopic (exact) mass is 270 g/mol. The molecule has 20 heavy (non-hydrogen) atoms. The Hall–Kier alpha value is -2.69. The van der Waals surface area contributed by atoms with Gasteiger partial charge in [-0.3, -0.25) is 14.9 Å². The highest BCUT2D eigenvalue weighted by atomic mass is 16.6. The minimum absolute atomic E-state index is 0.0705. The molecular formula is C15H14N2O3. The molecule has 1 atom stereocenters. The topological polar surface area (TPSA) is 72.2 Å². The number of nitrogens with zero attached hydrogens (tertiary/aromatic N) is 1. The van der Waals surface area contributed by atoms with Gasteiger partial charge in [0.15, 0.2) is 0 Å². The van der Waals surface area contributed by atoms with Gasteiger partial charge in [-0.1, -0.05) is 48.5 Å². The number of benzene rings is 2. The van der Waals surface area contributed by atoms with Gasteiger partial charge in [0.25, 0.3) is 5.69 Å². The van der Waals surface area contributed by atoms with Gasteiger partial charge < -0.3 is 5.32 Å². The zero-order chi connectivity index (χ0) is 14.4. The van der Waals surface area contributed by atoms with Crippen LogP contribution in [-0.4, -0.2) is 11.3 Å². The van der Waals surface area contributed by atoms with E-state index in [-0.39, 0.29) is 11.7 Å². The van der Waals surface area contributed by atoms with Gasteiger partial charge in [-0.2, -0.15) is 0 Å². The van der Waals surface area contributed by atoms with Crippen LogP contribution in [0.15, 0.2) is 54.6 Å². The lowest BCUT2D eigenvalue weighted by Gasteiger charge is -2.16. The fourth-order valence-corrected chi connectivity index (χ4v) is 2.12. The first-order valence-corrected chi connectivity index (χ1v) is 6.19. The van der Waals surface area contributed by atoms with Gasteiger partial charge in [0.05, 0.1) is 11.0 Å². The van der Waals surface area contributed by atoms with Gasteiger partial charge in [0.1, 0.15) is 0 Å². The average molecular weight is 270 g/mol. The van der Waals surface area contributed by atoms with Crippen molar-refractivity contribution in [3.8, 4) is 0 Å². The molecule has 0 saturated carbocycles. The van der Waals surface area contributed by atoms with Crippen LogP contribution in [0.4, 0.5) is 5.69 Å². The van der Waals surface area contributed by atoms with E-state index in [4.69, 9.17) is 0 Å². The van der Waals surface area contributed by atoms with E-state index in [9.17, 15) is 14.9 Å². The van der Waals surface area contributed by atoms with Crippen molar-refractivity contribution in [1.29, 1.82) is 0 Å². The molecule has 0 fully saturated rings. The van der Waals surface area contributed by atoms with Crippen LogP contribution in [0.3, 0.4) is 0 Å². The molecule has 1 N–H and O–H groups in total. The van der Waals surface area contributed by atoms with Gasteiger partial charge in [0.2, 0.25) is 6.41 Å². The van der Waals surface area contributed by atoms with E-state index >= 15 is 0 Å². The zero-order valence-corrected chi connectivity index (χ0v) is 10.7. The fraction of sp³-hybridized carbons (Fsp3) is 0.133. The number of hydrogen-bond acceptors (Lipinski definition) is 3. The second-order valence-electron chi connectivity index (χ2n) is 4.34. The van der Waals surface area contributed by atoms with Crippen molar-refractivity contribution < 1.29 is 9.72 Å². The number of carbonyl (C=O) groups excluding carboxylic acids is 1. The van der Waals surface area contributed by atoms with Crippen molar-refractivity contribution in [1.82, 2.24) is 5.32 Å². The van der Waals surface area contributed by atoms with Gasteiger partial charge in [0, 0.05) is 18.1 Å². The Morgan fingerprint density at radius 3 is 2.40 bits per heavy atom. The summed E-state index contributed by atoms with van der Waals surface area (Å²) in [7, 11) is 0. The van der Waals surface area contributed by atoms with Crippen LogP contribution in [0.1, 0.15) is 17.2 Å². The number of nitro groups is 1. The van der Waals surface area contributed by atoms with E-state index in [1.807, 2.05) is 30.3 Å². The van der Waals surface area contributed by atoms with Crippen LogP contribution in [0.5, 0.6) is 0 Å². The molecule has 0 saturated heterocycles. The van der Waals surface area contributed by atoms with E-state index in [2.05, 4.69) is 5.32 Å². The van der Waals surface area contributed by atoms with Crippen molar-refractivity contribution in [2.24, 2.45) is 0 Å². The van der Waals surface area contributed by atoms with E-state index < -0.39 is 4.92 Å². The number of nitrogens with one attached hydrogen (secondary N) is 1. The highest BCUT2D eigenvalue weighted by molar-refractivity contribution is 5.49. The number of rotatable bonds is 6. The summed E-state index contributed by atoms with van der Waals surface area (Å²) < 4.78 is 0. The highest BCUT2D eigenvalue weighted by Gasteiger charge is 2.18. The molecular weight excluding hydrogens is 256 g/mol. The normalized spacial score (nSPS) is 11.6. The van der Waals surface area contributed by atoms with E-state index in [1.165, 1.54) is 6.07 Å². The summed E-state index contributed by atoms with van der Waals surface area (Å²) in [5.74, 6) is 0. The van der Waals surface area contributed by atoms with Gasteiger partial charge >= 0.3 is 0 Å². The van der Waals surface area contributed by atoms with Crippen LogP contribution in [-0.2, 0) is 11.2 Å². The summed E-state index contributed by atoms with van der Waals surface area (Å²) in [4.78, 5) is 21.4. The number of para-hydroxylation sites is 1. The molecule has 0 aliphatic heterocycles.